The highest BCUT2D eigenvalue weighted by atomic mass is 32.2. The third kappa shape index (κ3) is 3.33. The van der Waals surface area contributed by atoms with Crippen LogP contribution in [0.25, 0.3) is 11.4 Å². The van der Waals surface area contributed by atoms with E-state index >= 15 is 0 Å². The second kappa shape index (κ2) is 7.09. The zero-order valence-corrected chi connectivity index (χ0v) is 17.4. The van der Waals surface area contributed by atoms with Crippen LogP contribution >= 0.6 is 11.8 Å². The molecule has 5 nitrogen and oxygen atoms in total. The van der Waals surface area contributed by atoms with E-state index in [1.54, 1.807) is 0 Å². The largest absolute Gasteiger partial charge is 0.325 e. The predicted molar refractivity (Wildman–Crippen MR) is 114 cm³/mol. The number of nitrogens with zero attached hydrogens (tertiary/aromatic N) is 3. The number of nitrogens with one attached hydrogen (secondary N) is 1. The molecule has 1 N–H and O–H groups in total. The SMILES string of the molecule is Cc1cccc(C)c1NC(=O)CSc1nnc2n1C(C)(C)Cc1ccccc1-2. The van der Waals surface area contributed by atoms with Crippen LogP contribution in [0.2, 0.25) is 0 Å². The number of amides is 1. The summed E-state index contributed by atoms with van der Waals surface area (Å²) in [5.41, 5.74) is 5.30. The highest BCUT2D eigenvalue weighted by molar-refractivity contribution is 7.99. The summed E-state index contributed by atoms with van der Waals surface area (Å²) in [7, 11) is 0. The molecule has 0 bridgehead atoms. The summed E-state index contributed by atoms with van der Waals surface area (Å²) in [5.74, 6) is 1.14. The Bertz CT molecular complexity index is 1030. The molecular weight excluding hydrogens is 368 g/mol. The maximum atomic E-state index is 12.6. The van der Waals surface area contributed by atoms with E-state index in [1.807, 2.05) is 38.1 Å². The topological polar surface area (TPSA) is 59.8 Å². The number of benzene rings is 2. The van der Waals surface area contributed by atoms with Crippen LogP contribution in [0.4, 0.5) is 5.69 Å². The zero-order valence-electron chi connectivity index (χ0n) is 16.6. The average Bonchev–Trinajstić information content (AvgIpc) is 3.08. The molecule has 0 radical (unpaired) electrons. The van der Waals surface area contributed by atoms with Crippen LogP contribution in [-0.4, -0.2) is 26.4 Å². The number of carbonyl (C=O) groups is 1. The number of carbonyl (C=O) groups excluding carboxylic acids is 1. The smallest absolute Gasteiger partial charge is 0.234 e. The van der Waals surface area contributed by atoms with Gasteiger partial charge in [0.25, 0.3) is 0 Å². The molecule has 0 unspecified atom stereocenters. The van der Waals surface area contributed by atoms with Gasteiger partial charge >= 0.3 is 0 Å². The van der Waals surface area contributed by atoms with E-state index in [-0.39, 0.29) is 11.4 Å². The third-order valence-electron chi connectivity index (χ3n) is 5.20. The summed E-state index contributed by atoms with van der Waals surface area (Å²) in [4.78, 5) is 12.6. The van der Waals surface area contributed by atoms with Crippen molar-refractivity contribution in [1.82, 2.24) is 14.8 Å². The van der Waals surface area contributed by atoms with Gasteiger partial charge in [-0.15, -0.1) is 10.2 Å². The zero-order chi connectivity index (χ0) is 19.9. The Labute approximate surface area is 169 Å². The molecule has 0 saturated heterocycles. The number of thioether (sulfide) groups is 1. The van der Waals surface area contributed by atoms with E-state index in [9.17, 15) is 4.79 Å². The molecule has 2 heterocycles. The van der Waals surface area contributed by atoms with Crippen molar-refractivity contribution in [2.45, 2.75) is 44.8 Å². The van der Waals surface area contributed by atoms with Crippen molar-refractivity contribution in [3.8, 4) is 11.4 Å². The average molecular weight is 393 g/mol. The van der Waals surface area contributed by atoms with Crippen molar-refractivity contribution < 1.29 is 4.79 Å². The van der Waals surface area contributed by atoms with E-state index in [4.69, 9.17) is 0 Å². The van der Waals surface area contributed by atoms with Gasteiger partial charge in [-0.1, -0.05) is 54.2 Å². The van der Waals surface area contributed by atoms with Gasteiger partial charge in [-0.3, -0.25) is 9.36 Å². The van der Waals surface area contributed by atoms with E-state index in [0.717, 1.165) is 39.8 Å². The lowest BCUT2D eigenvalue weighted by Crippen LogP contribution is -2.33. The number of anilines is 1. The number of aromatic nitrogens is 3. The van der Waals surface area contributed by atoms with E-state index in [0.29, 0.717) is 5.75 Å². The molecule has 1 aliphatic rings. The molecule has 0 spiro atoms. The molecule has 4 rings (SSSR count). The van der Waals surface area contributed by atoms with Gasteiger partial charge in [-0.2, -0.15) is 0 Å². The molecule has 0 fully saturated rings. The van der Waals surface area contributed by atoms with Crippen molar-refractivity contribution in [1.29, 1.82) is 0 Å². The first kappa shape index (κ1) is 18.7. The fourth-order valence-corrected chi connectivity index (χ4v) is 4.73. The number of fused-ring (bicyclic) bond motifs is 3. The summed E-state index contributed by atoms with van der Waals surface area (Å²) in [6.07, 6.45) is 0.913. The van der Waals surface area contributed by atoms with Gasteiger partial charge < -0.3 is 5.32 Å². The minimum Gasteiger partial charge on any atom is -0.325 e. The number of rotatable bonds is 4. The molecule has 3 aromatic rings. The van der Waals surface area contributed by atoms with Crippen LogP contribution in [0, 0.1) is 13.8 Å². The van der Waals surface area contributed by atoms with Gasteiger partial charge in [0.2, 0.25) is 5.91 Å². The third-order valence-corrected chi connectivity index (χ3v) is 6.13. The lowest BCUT2D eigenvalue weighted by molar-refractivity contribution is -0.113. The minimum atomic E-state index is -0.140. The molecule has 6 heteroatoms. The molecule has 0 aliphatic carbocycles. The maximum Gasteiger partial charge on any atom is 0.234 e. The van der Waals surface area contributed by atoms with Crippen molar-refractivity contribution in [2.75, 3.05) is 11.1 Å². The first-order chi connectivity index (χ1) is 13.4. The normalized spacial score (nSPS) is 14.3. The Kier molecular flexibility index (Phi) is 4.75. The quantitative estimate of drug-likeness (QED) is 0.660. The van der Waals surface area contributed by atoms with E-state index in [2.05, 4.69) is 52.1 Å². The Balaban J connectivity index is 1.55. The fraction of sp³-hybridized carbons (Fsp3) is 0.318. The molecule has 1 aliphatic heterocycles. The summed E-state index contributed by atoms with van der Waals surface area (Å²) in [5, 5.41) is 12.7. The summed E-state index contributed by atoms with van der Waals surface area (Å²) < 4.78 is 2.17. The monoisotopic (exact) mass is 392 g/mol. The number of hydrogen-bond acceptors (Lipinski definition) is 4. The standard InChI is InChI=1S/C22H24N4OS/c1-14-8-7-9-15(2)19(14)23-18(27)13-28-21-25-24-20-17-11-6-5-10-16(17)12-22(3,4)26(20)21/h5-11H,12-13H2,1-4H3,(H,23,27). The second-order valence-corrected chi connectivity index (χ2v) is 8.83. The second-order valence-electron chi connectivity index (χ2n) is 7.89. The number of hydrogen-bond donors (Lipinski definition) is 1. The lowest BCUT2D eigenvalue weighted by Gasteiger charge is -2.34. The molecule has 144 valence electrons. The van der Waals surface area contributed by atoms with Gasteiger partial charge in [0.15, 0.2) is 11.0 Å². The van der Waals surface area contributed by atoms with Crippen molar-refractivity contribution >= 4 is 23.4 Å². The first-order valence-corrected chi connectivity index (χ1v) is 10.4. The van der Waals surface area contributed by atoms with Crippen molar-refractivity contribution in [3.63, 3.8) is 0 Å². The Morgan fingerprint density at radius 1 is 1.11 bits per heavy atom. The van der Waals surface area contributed by atoms with Gasteiger partial charge in [-0.05, 0) is 50.8 Å². The Hall–Kier alpha value is -2.60. The van der Waals surface area contributed by atoms with E-state index < -0.39 is 0 Å². The summed E-state index contributed by atoms with van der Waals surface area (Å²) in [6, 6.07) is 14.3. The molecule has 2 aromatic carbocycles. The van der Waals surface area contributed by atoms with Gasteiger partial charge in [-0.25, -0.2) is 0 Å². The van der Waals surface area contributed by atoms with E-state index in [1.165, 1.54) is 17.3 Å². The van der Waals surface area contributed by atoms with Crippen LogP contribution in [0.1, 0.15) is 30.5 Å². The maximum absolute atomic E-state index is 12.6. The highest BCUT2D eigenvalue weighted by Crippen LogP contribution is 2.39. The van der Waals surface area contributed by atoms with Crippen LogP contribution in [0.3, 0.4) is 0 Å². The number of aryl methyl sites for hydroxylation is 2. The molecule has 0 atom stereocenters. The number of para-hydroxylation sites is 1. The minimum absolute atomic E-state index is 0.0336. The van der Waals surface area contributed by atoms with Crippen molar-refractivity contribution in [3.05, 3.63) is 59.2 Å². The molecule has 1 aromatic heterocycles. The van der Waals surface area contributed by atoms with Crippen LogP contribution in [-0.2, 0) is 16.8 Å². The van der Waals surface area contributed by atoms with Gasteiger partial charge in [0.05, 0.1) is 5.75 Å². The molecule has 0 saturated carbocycles. The van der Waals surface area contributed by atoms with Crippen molar-refractivity contribution in [2.24, 2.45) is 0 Å². The summed E-state index contributed by atoms with van der Waals surface area (Å²) in [6.45, 7) is 8.39. The van der Waals surface area contributed by atoms with Gasteiger partial charge in [0.1, 0.15) is 0 Å². The molecule has 28 heavy (non-hydrogen) atoms. The predicted octanol–water partition coefficient (Wildman–Crippen LogP) is 4.58. The summed E-state index contributed by atoms with van der Waals surface area (Å²) >= 11 is 1.44. The Morgan fingerprint density at radius 3 is 2.57 bits per heavy atom. The Morgan fingerprint density at radius 2 is 1.82 bits per heavy atom. The van der Waals surface area contributed by atoms with Crippen LogP contribution in [0.15, 0.2) is 47.6 Å². The van der Waals surface area contributed by atoms with Crippen LogP contribution < -0.4 is 5.32 Å². The lowest BCUT2D eigenvalue weighted by atomic mass is 9.87. The highest BCUT2D eigenvalue weighted by Gasteiger charge is 2.34. The fourth-order valence-electron chi connectivity index (χ4n) is 3.84. The van der Waals surface area contributed by atoms with Crippen LogP contribution in [0.5, 0.6) is 0 Å². The first-order valence-electron chi connectivity index (χ1n) is 9.40. The van der Waals surface area contributed by atoms with Gasteiger partial charge in [0, 0.05) is 16.8 Å². The molecular formula is C22H24N4OS. The molecule has 1 amide bonds.